The van der Waals surface area contributed by atoms with Crippen molar-refractivity contribution in [1.29, 1.82) is 0 Å². The summed E-state index contributed by atoms with van der Waals surface area (Å²) in [5.74, 6) is -0.0831. The zero-order chi connectivity index (χ0) is 17.7. The maximum atomic E-state index is 12.3. The van der Waals surface area contributed by atoms with E-state index in [0.717, 1.165) is 11.3 Å². The number of carbonyl (C=O) groups is 3. The van der Waals surface area contributed by atoms with Gasteiger partial charge in [-0.2, -0.15) is 0 Å². The van der Waals surface area contributed by atoms with Crippen LogP contribution in [0.1, 0.15) is 61.4 Å². The first-order valence-electron chi connectivity index (χ1n) is 8.23. The second kappa shape index (κ2) is 8.29. The molecule has 1 aromatic carbocycles. The Morgan fingerprint density at radius 1 is 1.17 bits per heavy atom. The van der Waals surface area contributed by atoms with Crippen LogP contribution >= 0.6 is 11.8 Å². The highest BCUT2D eigenvalue weighted by atomic mass is 32.2. The van der Waals surface area contributed by atoms with Crippen LogP contribution in [0.5, 0.6) is 0 Å². The summed E-state index contributed by atoms with van der Waals surface area (Å²) < 4.78 is 0. The minimum Gasteiger partial charge on any atom is -0.511 e. The predicted octanol–water partition coefficient (Wildman–Crippen LogP) is 4.21. The number of allylic oxidation sites excluding steroid dienone is 2. The first kappa shape index (κ1) is 18.5. The van der Waals surface area contributed by atoms with Gasteiger partial charge in [-0.05, 0) is 23.7 Å². The Kier molecular flexibility index (Phi) is 6.37. The molecule has 1 unspecified atom stereocenters. The van der Waals surface area contributed by atoms with E-state index in [0.29, 0.717) is 12.0 Å². The van der Waals surface area contributed by atoms with Gasteiger partial charge >= 0.3 is 0 Å². The maximum Gasteiger partial charge on any atom is 0.219 e. The standard InChI is InChI=1S/C19H22O4S/c1-3-5-15(20)18-16(21)10-14(11-17(18)22)12-6-8-13(9-7-12)19(23)24-4-2/h6-9,14,21H,3-5,10-11H2,1-2H3. The van der Waals surface area contributed by atoms with E-state index in [9.17, 15) is 19.5 Å². The highest BCUT2D eigenvalue weighted by Gasteiger charge is 2.31. The first-order valence-corrected chi connectivity index (χ1v) is 9.22. The topological polar surface area (TPSA) is 71.4 Å². The van der Waals surface area contributed by atoms with Crippen molar-refractivity contribution in [2.75, 3.05) is 5.75 Å². The highest BCUT2D eigenvalue weighted by molar-refractivity contribution is 8.14. The SMILES string of the molecule is CCCC(=O)C1=C(O)CC(c2ccc(C(=O)SCC)cc2)CC1=O. The van der Waals surface area contributed by atoms with Gasteiger partial charge in [-0.25, -0.2) is 0 Å². The van der Waals surface area contributed by atoms with Gasteiger partial charge in [0, 0.05) is 24.8 Å². The van der Waals surface area contributed by atoms with Crippen LogP contribution in [0.15, 0.2) is 35.6 Å². The largest absolute Gasteiger partial charge is 0.511 e. The highest BCUT2D eigenvalue weighted by Crippen LogP contribution is 2.34. The molecule has 0 amide bonds. The van der Waals surface area contributed by atoms with Crippen LogP contribution in [0, 0.1) is 0 Å². The molecule has 0 aliphatic heterocycles. The average molecular weight is 346 g/mol. The van der Waals surface area contributed by atoms with Crippen LogP contribution in [0.3, 0.4) is 0 Å². The number of Topliss-reactive ketones (excluding diaryl/α,β-unsaturated/α-hetero) is 2. The summed E-state index contributed by atoms with van der Waals surface area (Å²) in [7, 11) is 0. The van der Waals surface area contributed by atoms with Gasteiger partial charge < -0.3 is 5.11 Å². The van der Waals surface area contributed by atoms with E-state index in [1.165, 1.54) is 11.8 Å². The van der Waals surface area contributed by atoms with Gasteiger partial charge in [-0.15, -0.1) is 0 Å². The second-order valence-corrected chi connectivity index (χ2v) is 7.10. The molecular weight excluding hydrogens is 324 g/mol. The molecule has 0 heterocycles. The summed E-state index contributed by atoms with van der Waals surface area (Å²) in [6, 6.07) is 7.16. The van der Waals surface area contributed by atoms with E-state index in [1.54, 1.807) is 12.1 Å². The maximum absolute atomic E-state index is 12.3. The normalized spacial score (nSPS) is 17.9. The molecular formula is C19H22O4S. The van der Waals surface area contributed by atoms with Gasteiger partial charge in [0.25, 0.3) is 0 Å². The zero-order valence-corrected chi connectivity index (χ0v) is 14.8. The lowest BCUT2D eigenvalue weighted by atomic mass is 9.81. The fraction of sp³-hybridized carbons (Fsp3) is 0.421. The molecule has 24 heavy (non-hydrogen) atoms. The first-order chi connectivity index (χ1) is 11.5. The van der Waals surface area contributed by atoms with Crippen molar-refractivity contribution in [2.45, 2.75) is 45.4 Å². The van der Waals surface area contributed by atoms with E-state index < -0.39 is 0 Å². The van der Waals surface area contributed by atoms with E-state index in [1.807, 2.05) is 26.0 Å². The molecule has 2 rings (SSSR count). The van der Waals surface area contributed by atoms with Crippen LogP contribution < -0.4 is 0 Å². The van der Waals surface area contributed by atoms with Crippen molar-refractivity contribution in [2.24, 2.45) is 0 Å². The molecule has 1 aliphatic rings. The lowest BCUT2D eigenvalue weighted by Crippen LogP contribution is -2.23. The van der Waals surface area contributed by atoms with Crippen LogP contribution in [0.25, 0.3) is 0 Å². The number of aliphatic hydroxyl groups excluding tert-OH is 1. The summed E-state index contributed by atoms with van der Waals surface area (Å²) >= 11 is 1.26. The number of ketones is 2. The summed E-state index contributed by atoms with van der Waals surface area (Å²) in [6.45, 7) is 3.79. The van der Waals surface area contributed by atoms with Gasteiger partial charge in [0.15, 0.2) is 11.6 Å². The second-order valence-electron chi connectivity index (χ2n) is 5.87. The summed E-state index contributed by atoms with van der Waals surface area (Å²) in [5.41, 5.74) is 1.51. The fourth-order valence-corrected chi connectivity index (χ4v) is 3.47. The number of benzene rings is 1. The molecule has 1 atom stereocenters. The molecule has 0 fully saturated rings. The summed E-state index contributed by atoms with van der Waals surface area (Å²) in [5, 5.41) is 10.2. The predicted molar refractivity (Wildman–Crippen MR) is 95.5 cm³/mol. The van der Waals surface area contributed by atoms with Crippen molar-refractivity contribution in [3.8, 4) is 0 Å². The van der Waals surface area contributed by atoms with E-state index in [4.69, 9.17) is 0 Å². The number of carbonyl (C=O) groups excluding carboxylic acids is 3. The molecule has 5 heteroatoms. The Morgan fingerprint density at radius 2 is 1.83 bits per heavy atom. The van der Waals surface area contributed by atoms with E-state index >= 15 is 0 Å². The van der Waals surface area contributed by atoms with Crippen molar-refractivity contribution in [1.82, 2.24) is 0 Å². The van der Waals surface area contributed by atoms with Gasteiger partial charge in [0.1, 0.15) is 5.76 Å². The van der Waals surface area contributed by atoms with Crippen LogP contribution in [0.2, 0.25) is 0 Å². The van der Waals surface area contributed by atoms with Crippen LogP contribution in [-0.4, -0.2) is 27.5 Å². The molecule has 0 spiro atoms. The molecule has 0 aromatic heterocycles. The molecule has 128 valence electrons. The van der Waals surface area contributed by atoms with Crippen LogP contribution in [0.4, 0.5) is 0 Å². The molecule has 4 nitrogen and oxygen atoms in total. The van der Waals surface area contributed by atoms with Gasteiger partial charge in [-0.3, -0.25) is 14.4 Å². The van der Waals surface area contributed by atoms with E-state index in [2.05, 4.69) is 0 Å². The zero-order valence-electron chi connectivity index (χ0n) is 14.0. The lowest BCUT2D eigenvalue weighted by molar-refractivity contribution is -0.122. The molecule has 0 bridgehead atoms. The molecule has 1 N–H and O–H groups in total. The van der Waals surface area contributed by atoms with Gasteiger partial charge in [-0.1, -0.05) is 49.9 Å². The van der Waals surface area contributed by atoms with Crippen LogP contribution in [-0.2, 0) is 9.59 Å². The molecule has 0 saturated carbocycles. The number of rotatable bonds is 6. The van der Waals surface area contributed by atoms with Crippen molar-refractivity contribution in [3.05, 3.63) is 46.7 Å². The Morgan fingerprint density at radius 3 is 2.38 bits per heavy atom. The average Bonchev–Trinajstić information content (AvgIpc) is 2.55. The number of hydrogen-bond donors (Lipinski definition) is 1. The third-order valence-electron chi connectivity index (χ3n) is 4.09. The fourth-order valence-electron chi connectivity index (χ4n) is 2.90. The quantitative estimate of drug-likeness (QED) is 0.781. The molecule has 1 aliphatic carbocycles. The Labute approximate surface area is 146 Å². The smallest absolute Gasteiger partial charge is 0.219 e. The Balaban J connectivity index is 2.16. The van der Waals surface area contributed by atoms with Crippen molar-refractivity contribution < 1.29 is 19.5 Å². The van der Waals surface area contributed by atoms with Gasteiger partial charge in [0.2, 0.25) is 5.12 Å². The summed E-state index contributed by atoms with van der Waals surface area (Å²) in [4.78, 5) is 36.1. The Bertz CT molecular complexity index is 673. The Hall–Kier alpha value is -1.88. The monoisotopic (exact) mass is 346 g/mol. The lowest BCUT2D eigenvalue weighted by Gasteiger charge is -2.23. The molecule has 0 radical (unpaired) electrons. The number of thioether (sulfide) groups is 1. The third-order valence-corrected chi connectivity index (χ3v) is 4.87. The summed E-state index contributed by atoms with van der Waals surface area (Å²) in [6.07, 6.45) is 1.43. The molecule has 0 saturated heterocycles. The minimum absolute atomic E-state index is 0.0146. The number of aliphatic hydroxyl groups is 1. The van der Waals surface area contributed by atoms with Crippen molar-refractivity contribution >= 4 is 28.4 Å². The van der Waals surface area contributed by atoms with Gasteiger partial charge in [0.05, 0.1) is 5.57 Å². The third kappa shape index (κ3) is 4.15. The van der Waals surface area contributed by atoms with E-state index in [-0.39, 0.29) is 53.2 Å². The molecule has 1 aromatic rings. The van der Waals surface area contributed by atoms with Crippen molar-refractivity contribution in [3.63, 3.8) is 0 Å². The minimum atomic E-state index is -0.288. The number of hydrogen-bond acceptors (Lipinski definition) is 5.